The molecule has 0 aliphatic carbocycles. The Balaban J connectivity index is 1.53. The maximum atomic E-state index is 11.8. The van der Waals surface area contributed by atoms with Crippen LogP contribution in [-0.2, 0) is 6.42 Å². The van der Waals surface area contributed by atoms with Gasteiger partial charge in [-0.1, -0.05) is 0 Å². The smallest absolute Gasteiger partial charge is 0.252 e. The molecule has 0 fully saturated rings. The lowest BCUT2D eigenvalue weighted by Crippen LogP contribution is -2.24. The van der Waals surface area contributed by atoms with E-state index in [9.17, 15) is 4.79 Å². The van der Waals surface area contributed by atoms with Crippen LogP contribution in [0.5, 0.6) is 0 Å². The molecule has 1 N–H and O–H groups in total. The number of nitrogens with one attached hydrogen (secondary N) is 1. The Hall–Kier alpha value is -1.85. The van der Waals surface area contributed by atoms with Gasteiger partial charge in [0.1, 0.15) is 5.76 Å². The Morgan fingerprint density at radius 3 is 2.95 bits per heavy atom. The summed E-state index contributed by atoms with van der Waals surface area (Å²) < 4.78 is 5.37. The second-order valence-corrected chi connectivity index (χ2v) is 6.21. The Kier molecular flexibility index (Phi) is 3.99. The number of amides is 1. The van der Waals surface area contributed by atoms with Crippen LogP contribution in [0.3, 0.4) is 0 Å². The van der Waals surface area contributed by atoms with Crippen LogP contribution in [0.15, 0.2) is 51.8 Å². The van der Waals surface area contributed by atoms with Gasteiger partial charge in [-0.15, -0.1) is 11.3 Å². The second-order valence-electron chi connectivity index (χ2n) is 4.26. The molecular weight excluding hydrogens is 290 g/mol. The van der Waals surface area contributed by atoms with Gasteiger partial charge < -0.3 is 9.73 Å². The third-order valence-corrected chi connectivity index (χ3v) is 4.71. The molecule has 3 rings (SSSR count). The predicted molar refractivity (Wildman–Crippen MR) is 82.4 cm³/mol. The summed E-state index contributed by atoms with van der Waals surface area (Å²) in [4.78, 5) is 14.1. The highest BCUT2D eigenvalue weighted by atomic mass is 32.1. The van der Waals surface area contributed by atoms with Gasteiger partial charge in [-0.3, -0.25) is 4.79 Å². The van der Waals surface area contributed by atoms with Crippen LogP contribution in [-0.4, -0.2) is 12.5 Å². The van der Waals surface area contributed by atoms with E-state index in [0.29, 0.717) is 6.54 Å². The van der Waals surface area contributed by atoms with Crippen molar-refractivity contribution in [1.29, 1.82) is 0 Å². The molecule has 0 radical (unpaired) electrons. The van der Waals surface area contributed by atoms with Gasteiger partial charge in [0.25, 0.3) is 5.91 Å². The molecule has 0 saturated carbocycles. The number of thiophene rings is 2. The zero-order valence-electron chi connectivity index (χ0n) is 10.7. The van der Waals surface area contributed by atoms with Gasteiger partial charge in [0.2, 0.25) is 0 Å². The van der Waals surface area contributed by atoms with E-state index in [1.54, 1.807) is 17.6 Å². The van der Waals surface area contributed by atoms with Crippen molar-refractivity contribution in [1.82, 2.24) is 5.32 Å². The van der Waals surface area contributed by atoms with E-state index in [4.69, 9.17) is 4.42 Å². The topological polar surface area (TPSA) is 42.2 Å². The normalized spacial score (nSPS) is 10.6. The first-order chi connectivity index (χ1) is 9.83. The lowest BCUT2D eigenvalue weighted by atomic mass is 10.3. The molecule has 0 aliphatic heterocycles. The van der Waals surface area contributed by atoms with E-state index in [-0.39, 0.29) is 5.91 Å². The van der Waals surface area contributed by atoms with E-state index in [1.165, 1.54) is 16.2 Å². The Bertz CT molecular complexity index is 669. The summed E-state index contributed by atoms with van der Waals surface area (Å²) in [5.41, 5.74) is 0.734. The van der Waals surface area contributed by atoms with Gasteiger partial charge in [0, 0.05) is 22.4 Å². The van der Waals surface area contributed by atoms with Gasteiger partial charge in [0.15, 0.2) is 0 Å². The Morgan fingerprint density at radius 2 is 2.20 bits per heavy atom. The number of hydrogen-bond donors (Lipinski definition) is 1. The molecule has 20 heavy (non-hydrogen) atoms. The fourth-order valence-corrected chi connectivity index (χ4v) is 3.47. The minimum Gasteiger partial charge on any atom is -0.464 e. The fraction of sp³-hybridized carbons (Fsp3) is 0.133. The summed E-state index contributed by atoms with van der Waals surface area (Å²) in [7, 11) is 0. The zero-order valence-corrected chi connectivity index (χ0v) is 12.3. The van der Waals surface area contributed by atoms with Crippen molar-refractivity contribution in [2.45, 2.75) is 6.42 Å². The first-order valence-electron chi connectivity index (χ1n) is 6.26. The molecule has 3 aromatic rings. The number of carbonyl (C=O) groups is 1. The summed E-state index contributed by atoms with van der Waals surface area (Å²) in [5, 5.41) is 6.69. The van der Waals surface area contributed by atoms with Crippen LogP contribution in [0.1, 0.15) is 15.2 Å². The maximum Gasteiger partial charge on any atom is 0.252 e. The first-order valence-corrected chi connectivity index (χ1v) is 8.02. The van der Waals surface area contributed by atoms with Crippen molar-refractivity contribution in [3.63, 3.8) is 0 Å². The highest BCUT2D eigenvalue weighted by molar-refractivity contribution is 7.15. The van der Waals surface area contributed by atoms with E-state index in [1.807, 2.05) is 29.0 Å². The summed E-state index contributed by atoms with van der Waals surface area (Å²) in [6.45, 7) is 0.646. The van der Waals surface area contributed by atoms with Crippen LogP contribution in [0.25, 0.3) is 10.6 Å². The van der Waals surface area contributed by atoms with Gasteiger partial charge >= 0.3 is 0 Å². The summed E-state index contributed by atoms with van der Waals surface area (Å²) in [6, 6.07) is 9.81. The van der Waals surface area contributed by atoms with Crippen molar-refractivity contribution in [2.75, 3.05) is 6.54 Å². The van der Waals surface area contributed by atoms with Crippen molar-refractivity contribution in [2.24, 2.45) is 0 Å². The third-order valence-electron chi connectivity index (χ3n) is 2.87. The SMILES string of the molecule is O=C(NCCc1ccc(-c2ccco2)s1)c1ccsc1. The van der Waals surface area contributed by atoms with E-state index < -0.39 is 0 Å². The fourth-order valence-electron chi connectivity index (χ4n) is 1.86. The van der Waals surface area contributed by atoms with Crippen molar-refractivity contribution < 1.29 is 9.21 Å². The number of rotatable bonds is 5. The Morgan fingerprint density at radius 1 is 1.25 bits per heavy atom. The molecule has 0 saturated heterocycles. The lowest BCUT2D eigenvalue weighted by molar-refractivity contribution is 0.0954. The molecule has 102 valence electrons. The minimum atomic E-state index is -0.00550. The monoisotopic (exact) mass is 303 g/mol. The highest BCUT2D eigenvalue weighted by Gasteiger charge is 2.07. The second kappa shape index (κ2) is 6.07. The van der Waals surface area contributed by atoms with E-state index in [0.717, 1.165) is 22.6 Å². The molecule has 3 heterocycles. The van der Waals surface area contributed by atoms with Gasteiger partial charge in [-0.05, 0) is 42.1 Å². The largest absolute Gasteiger partial charge is 0.464 e. The predicted octanol–water partition coefficient (Wildman–Crippen LogP) is 4.04. The van der Waals surface area contributed by atoms with Crippen molar-refractivity contribution in [3.05, 3.63) is 57.8 Å². The minimum absolute atomic E-state index is 0.00550. The maximum absolute atomic E-state index is 11.8. The van der Waals surface area contributed by atoms with Gasteiger partial charge in [-0.25, -0.2) is 0 Å². The molecule has 3 aromatic heterocycles. The molecule has 0 aliphatic rings. The van der Waals surface area contributed by atoms with Crippen molar-refractivity contribution in [3.8, 4) is 10.6 Å². The quantitative estimate of drug-likeness (QED) is 0.773. The lowest BCUT2D eigenvalue weighted by Gasteiger charge is -2.01. The summed E-state index contributed by atoms with van der Waals surface area (Å²) >= 11 is 3.23. The van der Waals surface area contributed by atoms with Crippen LogP contribution >= 0.6 is 22.7 Å². The van der Waals surface area contributed by atoms with Crippen LogP contribution in [0.2, 0.25) is 0 Å². The summed E-state index contributed by atoms with van der Waals surface area (Å²) in [5.74, 6) is 0.887. The van der Waals surface area contributed by atoms with Crippen molar-refractivity contribution >= 4 is 28.6 Å². The first kappa shape index (κ1) is 13.1. The number of furan rings is 1. The van der Waals surface area contributed by atoms with Crippen LogP contribution < -0.4 is 5.32 Å². The molecule has 0 spiro atoms. The summed E-state index contributed by atoms with van der Waals surface area (Å²) in [6.07, 6.45) is 2.51. The van der Waals surface area contributed by atoms with Crippen LogP contribution in [0.4, 0.5) is 0 Å². The average molecular weight is 303 g/mol. The standard InChI is InChI=1S/C15H13NO2S2/c17-15(11-6-9-19-10-11)16-7-5-12-3-4-14(20-12)13-2-1-8-18-13/h1-4,6,8-10H,5,7H2,(H,16,17). The molecule has 0 atom stereocenters. The Labute approximate surface area is 124 Å². The zero-order chi connectivity index (χ0) is 13.8. The van der Waals surface area contributed by atoms with Crippen LogP contribution in [0, 0.1) is 0 Å². The third kappa shape index (κ3) is 3.00. The van der Waals surface area contributed by atoms with Gasteiger partial charge in [-0.2, -0.15) is 11.3 Å². The molecule has 0 bridgehead atoms. The molecular formula is C15H13NO2S2. The molecule has 5 heteroatoms. The average Bonchev–Trinajstić information content (AvgIpc) is 3.20. The molecule has 0 unspecified atom stereocenters. The molecule has 3 nitrogen and oxygen atoms in total. The van der Waals surface area contributed by atoms with E-state index in [2.05, 4.69) is 17.4 Å². The highest BCUT2D eigenvalue weighted by Crippen LogP contribution is 2.28. The number of hydrogen-bond acceptors (Lipinski definition) is 4. The van der Waals surface area contributed by atoms with E-state index >= 15 is 0 Å². The number of carbonyl (C=O) groups excluding carboxylic acids is 1. The molecule has 1 amide bonds. The van der Waals surface area contributed by atoms with Gasteiger partial charge in [0.05, 0.1) is 11.1 Å². The molecule has 0 aromatic carbocycles.